The summed E-state index contributed by atoms with van der Waals surface area (Å²) in [5, 5.41) is 9.51. The van der Waals surface area contributed by atoms with E-state index in [9.17, 15) is 9.90 Å². The molecule has 1 saturated heterocycles. The zero-order chi connectivity index (χ0) is 16.2. The fourth-order valence-electron chi connectivity index (χ4n) is 3.11. The number of ketones is 1. The van der Waals surface area contributed by atoms with Gasteiger partial charge in [-0.05, 0) is 30.7 Å². The van der Waals surface area contributed by atoms with E-state index in [1.807, 2.05) is 0 Å². The Bertz CT molecular complexity index is 485. The number of Topliss-reactive ketones (excluding diaryl/α,β-unsaturated/α-hetero) is 1. The number of hydrogen-bond donors (Lipinski definition) is 1. The van der Waals surface area contributed by atoms with Crippen molar-refractivity contribution in [2.24, 2.45) is 0 Å². The monoisotopic (exact) mass is 303 g/mol. The molecule has 1 aliphatic rings. The van der Waals surface area contributed by atoms with E-state index >= 15 is 0 Å². The van der Waals surface area contributed by atoms with Gasteiger partial charge in [0.15, 0.2) is 0 Å². The van der Waals surface area contributed by atoms with Gasteiger partial charge >= 0.3 is 0 Å². The summed E-state index contributed by atoms with van der Waals surface area (Å²) < 4.78 is 0. The van der Waals surface area contributed by atoms with Gasteiger partial charge in [0.25, 0.3) is 0 Å². The molecule has 3 nitrogen and oxygen atoms in total. The van der Waals surface area contributed by atoms with Crippen molar-refractivity contribution in [2.75, 3.05) is 19.6 Å². The van der Waals surface area contributed by atoms with Crippen molar-refractivity contribution in [1.29, 1.82) is 0 Å². The Hall–Kier alpha value is -1.19. The van der Waals surface area contributed by atoms with Crippen LogP contribution in [-0.4, -0.2) is 41.5 Å². The molecule has 122 valence electrons. The summed E-state index contributed by atoms with van der Waals surface area (Å²) in [4.78, 5) is 14.6. The highest BCUT2D eigenvalue weighted by Gasteiger charge is 2.24. The first-order valence-electron chi connectivity index (χ1n) is 8.36. The molecule has 0 atom stereocenters. The number of benzene rings is 1. The number of carbonyl (C=O) groups excluding carboxylic acids is 1. The van der Waals surface area contributed by atoms with Gasteiger partial charge < -0.3 is 10.0 Å². The number of likely N-dealkylation sites (tertiary alicyclic amines) is 1. The first-order valence-corrected chi connectivity index (χ1v) is 8.36. The minimum atomic E-state index is -0.146. The largest absolute Gasteiger partial charge is 0.393 e. The smallest absolute Gasteiger partial charge is 0.135 e. The lowest BCUT2D eigenvalue weighted by Crippen LogP contribution is -2.37. The maximum atomic E-state index is 12.3. The molecule has 0 unspecified atom stereocenters. The first-order chi connectivity index (χ1) is 10.4. The zero-order valence-corrected chi connectivity index (χ0v) is 14.1. The van der Waals surface area contributed by atoms with Gasteiger partial charge in [-0.1, -0.05) is 43.7 Å². The summed E-state index contributed by atoms with van der Waals surface area (Å²) in [6.45, 7) is 9.03. The molecule has 0 saturated carbocycles. The highest BCUT2D eigenvalue weighted by molar-refractivity contribution is 5.80. The molecule has 1 aliphatic heterocycles. The molecular formula is C19H29NO2. The van der Waals surface area contributed by atoms with Crippen molar-refractivity contribution in [3.05, 3.63) is 35.4 Å². The van der Waals surface area contributed by atoms with Gasteiger partial charge in [-0.25, -0.2) is 0 Å². The fourth-order valence-corrected chi connectivity index (χ4v) is 3.11. The van der Waals surface area contributed by atoms with Crippen LogP contribution in [-0.2, 0) is 10.2 Å². The van der Waals surface area contributed by atoms with E-state index in [2.05, 4.69) is 49.9 Å². The number of aryl methyl sites for hydroxylation is 1. The van der Waals surface area contributed by atoms with Crippen LogP contribution in [0.3, 0.4) is 0 Å². The number of aliphatic hydroxyl groups excluding tert-OH is 1. The van der Waals surface area contributed by atoms with Crippen molar-refractivity contribution in [1.82, 2.24) is 4.90 Å². The average molecular weight is 303 g/mol. The lowest BCUT2D eigenvalue weighted by Gasteiger charge is -2.30. The Balaban J connectivity index is 1.81. The number of carbonyl (C=O) groups is 1. The minimum Gasteiger partial charge on any atom is -0.393 e. The van der Waals surface area contributed by atoms with E-state index in [1.165, 1.54) is 11.1 Å². The van der Waals surface area contributed by atoms with E-state index < -0.39 is 0 Å². The highest BCUT2D eigenvalue weighted by atomic mass is 16.3. The van der Waals surface area contributed by atoms with E-state index in [0.717, 1.165) is 32.5 Å². The van der Waals surface area contributed by atoms with Crippen LogP contribution in [0.15, 0.2) is 24.3 Å². The van der Waals surface area contributed by atoms with Crippen LogP contribution in [0.4, 0.5) is 0 Å². The third-order valence-electron chi connectivity index (χ3n) is 4.74. The molecule has 0 aromatic heterocycles. The number of aliphatic hydroxyl groups is 1. The fraction of sp³-hybridized carbons (Fsp3) is 0.632. The highest BCUT2D eigenvalue weighted by Crippen LogP contribution is 2.28. The Morgan fingerprint density at radius 2 is 1.82 bits per heavy atom. The molecule has 0 spiro atoms. The van der Waals surface area contributed by atoms with E-state index in [0.29, 0.717) is 18.6 Å². The topological polar surface area (TPSA) is 40.5 Å². The molecule has 2 rings (SSSR count). The van der Waals surface area contributed by atoms with Gasteiger partial charge in [0, 0.05) is 32.5 Å². The Kier molecular flexibility index (Phi) is 5.76. The maximum Gasteiger partial charge on any atom is 0.135 e. The van der Waals surface area contributed by atoms with Gasteiger partial charge in [0.1, 0.15) is 5.78 Å². The molecule has 1 N–H and O–H groups in total. The number of rotatable bonds is 6. The quantitative estimate of drug-likeness (QED) is 0.878. The molecule has 0 bridgehead atoms. The second-order valence-electron chi connectivity index (χ2n) is 7.29. The predicted molar refractivity (Wildman–Crippen MR) is 90.1 cm³/mol. The van der Waals surface area contributed by atoms with Crippen LogP contribution in [0.25, 0.3) is 0 Å². The molecule has 0 radical (unpaired) electrons. The molecule has 3 heteroatoms. The summed E-state index contributed by atoms with van der Waals surface area (Å²) in [6.07, 6.45) is 2.73. The van der Waals surface area contributed by atoms with Crippen LogP contribution in [0.1, 0.15) is 50.7 Å². The van der Waals surface area contributed by atoms with Crippen LogP contribution < -0.4 is 0 Å². The van der Waals surface area contributed by atoms with Crippen LogP contribution in [0, 0.1) is 6.92 Å². The summed E-state index contributed by atoms with van der Waals surface area (Å²) in [7, 11) is 0. The Morgan fingerprint density at radius 1 is 1.23 bits per heavy atom. The van der Waals surface area contributed by atoms with E-state index in [4.69, 9.17) is 0 Å². The molecule has 0 aliphatic carbocycles. The molecule has 0 amide bonds. The molecular weight excluding hydrogens is 274 g/mol. The number of hydrogen-bond acceptors (Lipinski definition) is 3. The lowest BCUT2D eigenvalue weighted by molar-refractivity contribution is -0.120. The van der Waals surface area contributed by atoms with E-state index in [-0.39, 0.29) is 11.5 Å². The molecule has 1 heterocycles. The lowest BCUT2D eigenvalue weighted by atomic mass is 9.79. The molecule has 1 aromatic rings. The maximum absolute atomic E-state index is 12.3. The summed E-state index contributed by atoms with van der Waals surface area (Å²) >= 11 is 0. The van der Waals surface area contributed by atoms with Crippen LogP contribution in [0.2, 0.25) is 0 Å². The van der Waals surface area contributed by atoms with Crippen molar-refractivity contribution in [3.63, 3.8) is 0 Å². The first kappa shape index (κ1) is 17.2. The molecule has 22 heavy (non-hydrogen) atoms. The normalized spacial score (nSPS) is 17.6. The third kappa shape index (κ3) is 4.92. The van der Waals surface area contributed by atoms with Crippen LogP contribution >= 0.6 is 0 Å². The zero-order valence-electron chi connectivity index (χ0n) is 14.1. The summed E-state index contributed by atoms with van der Waals surface area (Å²) in [6, 6.07) is 8.49. The second kappa shape index (κ2) is 7.38. The number of piperidine rings is 1. The standard InChI is InChI=1S/C19H29NO2/c1-15-4-6-16(7-5-15)19(2,3)14-18(22)10-13-20-11-8-17(21)9-12-20/h4-7,17,21H,8-14H2,1-3H3. The number of nitrogens with zero attached hydrogens (tertiary/aromatic N) is 1. The summed E-state index contributed by atoms with van der Waals surface area (Å²) in [5.41, 5.74) is 2.37. The Labute approximate surface area is 134 Å². The van der Waals surface area contributed by atoms with Gasteiger partial charge in [0.2, 0.25) is 0 Å². The Morgan fingerprint density at radius 3 is 2.41 bits per heavy atom. The second-order valence-corrected chi connectivity index (χ2v) is 7.29. The SMILES string of the molecule is Cc1ccc(C(C)(C)CC(=O)CCN2CCC(O)CC2)cc1. The average Bonchev–Trinajstić information content (AvgIpc) is 2.46. The van der Waals surface area contributed by atoms with Crippen molar-refractivity contribution in [2.45, 2.75) is 58.0 Å². The van der Waals surface area contributed by atoms with Crippen molar-refractivity contribution < 1.29 is 9.90 Å². The van der Waals surface area contributed by atoms with Gasteiger partial charge in [0.05, 0.1) is 6.10 Å². The van der Waals surface area contributed by atoms with E-state index in [1.54, 1.807) is 0 Å². The van der Waals surface area contributed by atoms with Crippen LogP contribution in [0.5, 0.6) is 0 Å². The molecule has 1 aromatic carbocycles. The van der Waals surface area contributed by atoms with Gasteiger partial charge in [-0.2, -0.15) is 0 Å². The molecule has 1 fully saturated rings. The van der Waals surface area contributed by atoms with Gasteiger partial charge in [-0.15, -0.1) is 0 Å². The van der Waals surface area contributed by atoms with Crippen molar-refractivity contribution >= 4 is 5.78 Å². The third-order valence-corrected chi connectivity index (χ3v) is 4.74. The van der Waals surface area contributed by atoms with Crippen molar-refractivity contribution in [3.8, 4) is 0 Å². The van der Waals surface area contributed by atoms with Gasteiger partial charge in [-0.3, -0.25) is 4.79 Å². The summed E-state index contributed by atoms with van der Waals surface area (Å²) in [5.74, 6) is 0.330. The predicted octanol–water partition coefficient (Wildman–Crippen LogP) is 3.08. The minimum absolute atomic E-state index is 0.108.